The fourth-order valence-corrected chi connectivity index (χ4v) is 2.10. The summed E-state index contributed by atoms with van der Waals surface area (Å²) in [5.41, 5.74) is 1.66. The average Bonchev–Trinajstić information content (AvgIpc) is 2.34. The SMILES string of the molecule is CCOC(=O)C1CC(=O)N(C)c2ccccc21. The smallest absolute Gasteiger partial charge is 0.314 e. The number of para-hydroxylation sites is 1. The maximum Gasteiger partial charge on any atom is 0.314 e. The van der Waals surface area contributed by atoms with Crippen LogP contribution in [0.1, 0.15) is 24.8 Å². The number of ether oxygens (including phenoxy) is 1. The highest BCUT2D eigenvalue weighted by atomic mass is 16.5. The van der Waals surface area contributed by atoms with Gasteiger partial charge in [-0.25, -0.2) is 0 Å². The second-order valence-corrected chi connectivity index (χ2v) is 4.02. The van der Waals surface area contributed by atoms with Crippen LogP contribution in [0.15, 0.2) is 24.3 Å². The van der Waals surface area contributed by atoms with Gasteiger partial charge >= 0.3 is 5.97 Å². The van der Waals surface area contributed by atoms with Crippen LogP contribution in [0.3, 0.4) is 0 Å². The number of esters is 1. The predicted molar refractivity (Wildman–Crippen MR) is 63.8 cm³/mol. The Hall–Kier alpha value is -1.84. The highest BCUT2D eigenvalue weighted by Gasteiger charge is 2.34. The highest BCUT2D eigenvalue weighted by molar-refractivity contribution is 6.01. The molecule has 4 nitrogen and oxygen atoms in total. The zero-order chi connectivity index (χ0) is 12.4. The van der Waals surface area contributed by atoms with Crippen molar-refractivity contribution in [1.29, 1.82) is 0 Å². The largest absolute Gasteiger partial charge is 0.466 e. The average molecular weight is 233 g/mol. The lowest BCUT2D eigenvalue weighted by molar-refractivity contribution is -0.146. The molecule has 1 aromatic carbocycles. The third-order valence-electron chi connectivity index (χ3n) is 3.00. The second-order valence-electron chi connectivity index (χ2n) is 4.02. The minimum Gasteiger partial charge on any atom is -0.466 e. The van der Waals surface area contributed by atoms with Gasteiger partial charge in [-0.1, -0.05) is 18.2 Å². The maximum atomic E-state index is 11.8. The molecular weight excluding hydrogens is 218 g/mol. The van der Waals surface area contributed by atoms with Gasteiger partial charge in [0, 0.05) is 19.2 Å². The maximum absolute atomic E-state index is 11.8. The summed E-state index contributed by atoms with van der Waals surface area (Å²) in [5.74, 6) is -0.835. The van der Waals surface area contributed by atoms with Crippen LogP contribution in [-0.2, 0) is 14.3 Å². The Morgan fingerprint density at radius 3 is 2.88 bits per heavy atom. The van der Waals surface area contributed by atoms with E-state index in [9.17, 15) is 9.59 Å². The number of anilines is 1. The summed E-state index contributed by atoms with van der Waals surface area (Å²) in [4.78, 5) is 25.2. The van der Waals surface area contributed by atoms with Crippen LogP contribution in [0.2, 0.25) is 0 Å². The fraction of sp³-hybridized carbons (Fsp3) is 0.385. The molecule has 0 radical (unpaired) electrons. The summed E-state index contributed by atoms with van der Waals surface area (Å²) >= 11 is 0. The molecular formula is C13H15NO3. The quantitative estimate of drug-likeness (QED) is 0.730. The summed E-state index contributed by atoms with van der Waals surface area (Å²) < 4.78 is 5.01. The van der Waals surface area contributed by atoms with Crippen LogP contribution < -0.4 is 4.90 Å². The van der Waals surface area contributed by atoms with Crippen molar-refractivity contribution < 1.29 is 14.3 Å². The van der Waals surface area contributed by atoms with Gasteiger partial charge < -0.3 is 9.64 Å². The Labute approximate surface area is 100 Å². The van der Waals surface area contributed by atoms with Crippen molar-refractivity contribution in [2.24, 2.45) is 0 Å². The van der Waals surface area contributed by atoms with Crippen LogP contribution in [0.5, 0.6) is 0 Å². The molecule has 0 N–H and O–H groups in total. The first-order chi connectivity index (χ1) is 8.15. The Bertz CT molecular complexity index is 456. The zero-order valence-electron chi connectivity index (χ0n) is 9.97. The van der Waals surface area contributed by atoms with Gasteiger partial charge in [0.15, 0.2) is 0 Å². The molecule has 1 aromatic rings. The van der Waals surface area contributed by atoms with E-state index in [1.165, 1.54) is 0 Å². The Balaban J connectivity index is 2.40. The van der Waals surface area contributed by atoms with Gasteiger partial charge in [-0.15, -0.1) is 0 Å². The number of hydrogen-bond donors (Lipinski definition) is 0. The van der Waals surface area contributed by atoms with Gasteiger partial charge in [0.25, 0.3) is 0 Å². The molecule has 1 heterocycles. The molecule has 17 heavy (non-hydrogen) atoms. The van der Waals surface area contributed by atoms with E-state index in [4.69, 9.17) is 4.74 Å². The van der Waals surface area contributed by atoms with Gasteiger partial charge in [-0.3, -0.25) is 9.59 Å². The predicted octanol–water partition coefficient (Wildman–Crippen LogP) is 1.70. The fourth-order valence-electron chi connectivity index (χ4n) is 2.10. The molecule has 1 unspecified atom stereocenters. The summed E-state index contributed by atoms with van der Waals surface area (Å²) in [7, 11) is 1.72. The molecule has 0 spiro atoms. The van der Waals surface area contributed by atoms with E-state index in [-0.39, 0.29) is 18.3 Å². The molecule has 0 aliphatic carbocycles. The normalized spacial score (nSPS) is 18.8. The molecule has 1 atom stereocenters. The van der Waals surface area contributed by atoms with Gasteiger partial charge in [0.2, 0.25) is 5.91 Å². The molecule has 0 bridgehead atoms. The van der Waals surface area contributed by atoms with Crippen LogP contribution in [0.25, 0.3) is 0 Å². The topological polar surface area (TPSA) is 46.6 Å². The number of fused-ring (bicyclic) bond motifs is 1. The third-order valence-corrected chi connectivity index (χ3v) is 3.00. The molecule has 0 fully saturated rings. The van der Waals surface area contributed by atoms with E-state index in [2.05, 4.69) is 0 Å². The third kappa shape index (κ3) is 2.02. The molecule has 1 aliphatic rings. The molecule has 0 aromatic heterocycles. The van der Waals surface area contributed by atoms with Crippen molar-refractivity contribution in [1.82, 2.24) is 0 Å². The minimum atomic E-state index is -0.463. The van der Waals surface area contributed by atoms with E-state index in [0.29, 0.717) is 6.61 Å². The van der Waals surface area contributed by atoms with Crippen molar-refractivity contribution >= 4 is 17.6 Å². The molecule has 1 amide bonds. The van der Waals surface area contributed by atoms with Gasteiger partial charge in [-0.05, 0) is 18.6 Å². The Morgan fingerprint density at radius 2 is 2.18 bits per heavy atom. The van der Waals surface area contributed by atoms with Crippen molar-refractivity contribution in [3.05, 3.63) is 29.8 Å². The van der Waals surface area contributed by atoms with Crippen LogP contribution in [0, 0.1) is 0 Å². The van der Waals surface area contributed by atoms with E-state index in [1.54, 1.807) is 18.9 Å². The zero-order valence-corrected chi connectivity index (χ0v) is 9.97. The van der Waals surface area contributed by atoms with E-state index in [0.717, 1.165) is 11.3 Å². The second kappa shape index (κ2) is 4.57. The minimum absolute atomic E-state index is 0.0539. The Morgan fingerprint density at radius 1 is 1.47 bits per heavy atom. The molecule has 0 saturated heterocycles. The molecule has 2 rings (SSSR count). The molecule has 4 heteroatoms. The molecule has 0 saturated carbocycles. The van der Waals surface area contributed by atoms with Crippen molar-refractivity contribution in [3.63, 3.8) is 0 Å². The summed E-state index contributed by atoms with van der Waals surface area (Å²) in [6.07, 6.45) is 0.187. The lowest BCUT2D eigenvalue weighted by Crippen LogP contribution is -2.36. The highest BCUT2D eigenvalue weighted by Crippen LogP contribution is 2.35. The summed E-state index contributed by atoms with van der Waals surface area (Å²) in [5, 5.41) is 0. The number of benzene rings is 1. The first-order valence-electron chi connectivity index (χ1n) is 5.67. The molecule has 1 aliphatic heterocycles. The van der Waals surface area contributed by atoms with Gasteiger partial charge in [-0.2, -0.15) is 0 Å². The summed E-state index contributed by atoms with van der Waals surface area (Å²) in [6, 6.07) is 7.45. The first-order valence-corrected chi connectivity index (χ1v) is 5.67. The van der Waals surface area contributed by atoms with Crippen molar-refractivity contribution in [2.45, 2.75) is 19.3 Å². The lowest BCUT2D eigenvalue weighted by Gasteiger charge is -2.30. The molecule has 90 valence electrons. The van der Waals surface area contributed by atoms with E-state index < -0.39 is 5.92 Å². The van der Waals surface area contributed by atoms with Crippen LogP contribution in [0.4, 0.5) is 5.69 Å². The van der Waals surface area contributed by atoms with Crippen LogP contribution >= 0.6 is 0 Å². The van der Waals surface area contributed by atoms with E-state index in [1.807, 2.05) is 24.3 Å². The van der Waals surface area contributed by atoms with E-state index >= 15 is 0 Å². The summed E-state index contributed by atoms with van der Waals surface area (Å²) in [6.45, 7) is 2.10. The van der Waals surface area contributed by atoms with Crippen molar-refractivity contribution in [2.75, 3.05) is 18.6 Å². The number of carbonyl (C=O) groups is 2. The number of nitrogens with zero attached hydrogens (tertiary/aromatic N) is 1. The number of rotatable bonds is 2. The van der Waals surface area contributed by atoms with Gasteiger partial charge in [0.1, 0.15) is 0 Å². The number of hydrogen-bond acceptors (Lipinski definition) is 3. The number of carbonyl (C=O) groups excluding carboxylic acids is 2. The monoisotopic (exact) mass is 233 g/mol. The lowest BCUT2D eigenvalue weighted by atomic mass is 9.90. The van der Waals surface area contributed by atoms with Crippen molar-refractivity contribution in [3.8, 4) is 0 Å². The standard InChI is InChI=1S/C13H15NO3/c1-3-17-13(16)10-8-12(15)14(2)11-7-5-4-6-9(10)11/h4-7,10H,3,8H2,1-2H3. The van der Waals surface area contributed by atoms with Gasteiger partial charge in [0.05, 0.1) is 12.5 Å². The number of amides is 1. The van der Waals surface area contributed by atoms with Crippen LogP contribution in [-0.4, -0.2) is 25.5 Å². The Kier molecular flexibility index (Phi) is 3.13. The first kappa shape index (κ1) is 11.6.